The van der Waals surface area contributed by atoms with Gasteiger partial charge in [-0.15, -0.1) is 0 Å². The van der Waals surface area contributed by atoms with E-state index in [1.807, 2.05) is 45.0 Å². The highest BCUT2D eigenvalue weighted by atomic mass is 19.1. The van der Waals surface area contributed by atoms with Crippen molar-refractivity contribution in [1.29, 1.82) is 0 Å². The Morgan fingerprint density at radius 1 is 1.15 bits per heavy atom. The van der Waals surface area contributed by atoms with Crippen LogP contribution in [0.3, 0.4) is 0 Å². The molecule has 1 atom stereocenters. The fourth-order valence-electron chi connectivity index (χ4n) is 3.37. The first kappa shape index (κ1) is 20.0. The van der Waals surface area contributed by atoms with Crippen molar-refractivity contribution in [2.24, 2.45) is 0 Å². The molecule has 0 bridgehead atoms. The molecule has 0 aromatic heterocycles. The molecule has 0 spiro atoms. The highest BCUT2D eigenvalue weighted by Gasteiger charge is 2.20. The standard InChI is InChI=1S/C22H27FO3/c1-7-26-20(24)11-14(3)18-12-17(10-15(4)22(18)23)21-13(2)8-9-19(25-6)16(21)5/h8-10,12,14H,7,11H2,1-6H3/t14-/m0/s1. The number of ether oxygens (including phenoxy) is 2. The topological polar surface area (TPSA) is 35.5 Å². The maximum atomic E-state index is 14.8. The van der Waals surface area contributed by atoms with Crippen molar-refractivity contribution in [1.82, 2.24) is 0 Å². The second kappa shape index (κ2) is 8.35. The van der Waals surface area contributed by atoms with E-state index in [-0.39, 0.29) is 24.1 Å². The van der Waals surface area contributed by atoms with Gasteiger partial charge in [-0.05, 0) is 85.2 Å². The maximum Gasteiger partial charge on any atom is 0.306 e. The van der Waals surface area contributed by atoms with Crippen LogP contribution in [0.2, 0.25) is 0 Å². The van der Waals surface area contributed by atoms with E-state index in [1.54, 1.807) is 21.0 Å². The quantitative estimate of drug-likeness (QED) is 0.641. The van der Waals surface area contributed by atoms with Crippen LogP contribution in [-0.2, 0) is 9.53 Å². The summed E-state index contributed by atoms with van der Waals surface area (Å²) in [5.74, 6) is -0.0347. The Bertz CT molecular complexity index is 812. The lowest BCUT2D eigenvalue weighted by Gasteiger charge is -2.19. The highest BCUT2D eigenvalue weighted by molar-refractivity contribution is 5.75. The van der Waals surface area contributed by atoms with Crippen LogP contribution in [0.15, 0.2) is 24.3 Å². The zero-order chi connectivity index (χ0) is 19.4. The van der Waals surface area contributed by atoms with Crippen molar-refractivity contribution in [3.05, 3.63) is 52.3 Å². The number of hydrogen-bond donors (Lipinski definition) is 0. The van der Waals surface area contributed by atoms with Gasteiger partial charge in [0.2, 0.25) is 0 Å². The third-order valence-electron chi connectivity index (χ3n) is 4.72. The number of carbonyl (C=O) groups excluding carboxylic acids is 1. The normalized spacial score (nSPS) is 12.0. The summed E-state index contributed by atoms with van der Waals surface area (Å²) in [4.78, 5) is 11.8. The van der Waals surface area contributed by atoms with E-state index < -0.39 is 0 Å². The van der Waals surface area contributed by atoms with Gasteiger partial charge in [-0.2, -0.15) is 0 Å². The van der Waals surface area contributed by atoms with Gasteiger partial charge in [0.1, 0.15) is 11.6 Å². The van der Waals surface area contributed by atoms with Gasteiger partial charge < -0.3 is 9.47 Å². The molecule has 0 unspecified atom stereocenters. The van der Waals surface area contributed by atoms with E-state index in [1.165, 1.54) is 0 Å². The number of carbonyl (C=O) groups is 1. The average molecular weight is 358 g/mol. The third kappa shape index (κ3) is 4.06. The number of hydrogen-bond acceptors (Lipinski definition) is 3. The lowest BCUT2D eigenvalue weighted by Crippen LogP contribution is -2.10. The molecule has 0 fully saturated rings. The van der Waals surface area contributed by atoms with Crippen molar-refractivity contribution in [2.45, 2.75) is 47.0 Å². The number of aryl methyl sites for hydroxylation is 2. The number of esters is 1. The Kier molecular flexibility index (Phi) is 6.41. The predicted octanol–water partition coefficient (Wildman–Crippen LogP) is 5.48. The van der Waals surface area contributed by atoms with E-state index in [9.17, 15) is 9.18 Å². The minimum absolute atomic E-state index is 0.156. The van der Waals surface area contributed by atoms with Gasteiger partial charge in [-0.1, -0.05) is 13.0 Å². The molecule has 2 aromatic rings. The molecule has 0 aliphatic carbocycles. The summed E-state index contributed by atoms with van der Waals surface area (Å²) in [6, 6.07) is 7.64. The molecule has 2 aromatic carbocycles. The van der Waals surface area contributed by atoms with Crippen LogP contribution >= 0.6 is 0 Å². The number of halogens is 1. The van der Waals surface area contributed by atoms with Gasteiger partial charge in [-0.25, -0.2) is 4.39 Å². The predicted molar refractivity (Wildman–Crippen MR) is 102 cm³/mol. The van der Waals surface area contributed by atoms with E-state index in [4.69, 9.17) is 9.47 Å². The zero-order valence-corrected chi connectivity index (χ0v) is 16.4. The van der Waals surface area contributed by atoms with Crippen LogP contribution in [0.4, 0.5) is 4.39 Å². The molecule has 3 nitrogen and oxygen atoms in total. The van der Waals surface area contributed by atoms with Gasteiger partial charge in [0, 0.05) is 0 Å². The largest absolute Gasteiger partial charge is 0.496 e. The van der Waals surface area contributed by atoms with Crippen molar-refractivity contribution >= 4 is 5.97 Å². The monoisotopic (exact) mass is 358 g/mol. The summed E-state index contributed by atoms with van der Waals surface area (Å²) >= 11 is 0. The first-order valence-electron chi connectivity index (χ1n) is 8.90. The molecule has 0 saturated carbocycles. The SMILES string of the molecule is CCOC(=O)C[C@H](C)c1cc(-c2c(C)ccc(OC)c2C)cc(C)c1F. The van der Waals surface area contributed by atoms with Crippen LogP contribution in [0, 0.1) is 26.6 Å². The number of methoxy groups -OCH3 is 1. The Morgan fingerprint density at radius 3 is 2.46 bits per heavy atom. The average Bonchev–Trinajstić information content (AvgIpc) is 2.58. The Labute approximate surface area is 155 Å². The van der Waals surface area contributed by atoms with Gasteiger partial charge in [0.15, 0.2) is 0 Å². The fourth-order valence-corrected chi connectivity index (χ4v) is 3.37. The Balaban J connectivity index is 2.54. The van der Waals surface area contributed by atoms with Crippen molar-refractivity contribution in [2.75, 3.05) is 13.7 Å². The summed E-state index contributed by atoms with van der Waals surface area (Å²) in [5, 5.41) is 0. The summed E-state index contributed by atoms with van der Waals surface area (Å²) < 4.78 is 25.2. The van der Waals surface area contributed by atoms with Crippen molar-refractivity contribution < 1.29 is 18.7 Å². The molecule has 140 valence electrons. The number of benzene rings is 2. The second-order valence-electron chi connectivity index (χ2n) is 6.69. The second-order valence-corrected chi connectivity index (χ2v) is 6.69. The first-order chi connectivity index (χ1) is 12.3. The summed E-state index contributed by atoms with van der Waals surface area (Å²) in [6.45, 7) is 9.73. The van der Waals surface area contributed by atoms with E-state index in [0.29, 0.717) is 17.7 Å². The Hall–Kier alpha value is -2.36. The van der Waals surface area contributed by atoms with Gasteiger partial charge >= 0.3 is 5.97 Å². The van der Waals surface area contributed by atoms with Gasteiger partial charge in [-0.3, -0.25) is 4.79 Å². The zero-order valence-electron chi connectivity index (χ0n) is 16.4. The van der Waals surface area contributed by atoms with E-state index >= 15 is 0 Å². The number of rotatable bonds is 6. The lowest BCUT2D eigenvalue weighted by molar-refractivity contribution is -0.143. The molecule has 0 radical (unpaired) electrons. The van der Waals surface area contributed by atoms with Crippen LogP contribution in [0.1, 0.15) is 48.4 Å². The molecule has 0 saturated heterocycles. The highest BCUT2D eigenvalue weighted by Crippen LogP contribution is 2.36. The summed E-state index contributed by atoms with van der Waals surface area (Å²) in [6.07, 6.45) is 0.156. The Morgan fingerprint density at radius 2 is 1.85 bits per heavy atom. The summed E-state index contributed by atoms with van der Waals surface area (Å²) in [7, 11) is 1.64. The third-order valence-corrected chi connectivity index (χ3v) is 4.72. The molecule has 0 aliphatic rings. The van der Waals surface area contributed by atoms with Crippen LogP contribution in [0.25, 0.3) is 11.1 Å². The van der Waals surface area contributed by atoms with E-state index in [2.05, 4.69) is 0 Å². The van der Waals surface area contributed by atoms with Crippen LogP contribution in [0.5, 0.6) is 5.75 Å². The maximum absolute atomic E-state index is 14.8. The molecular weight excluding hydrogens is 331 g/mol. The molecule has 26 heavy (non-hydrogen) atoms. The minimum Gasteiger partial charge on any atom is -0.496 e. The molecule has 4 heteroatoms. The smallest absolute Gasteiger partial charge is 0.306 e. The van der Waals surface area contributed by atoms with Crippen LogP contribution in [-0.4, -0.2) is 19.7 Å². The molecule has 0 aliphatic heterocycles. The summed E-state index contributed by atoms with van der Waals surface area (Å²) in [5.41, 5.74) is 5.19. The minimum atomic E-state index is -0.309. The van der Waals surface area contributed by atoms with Crippen molar-refractivity contribution in [3.8, 4) is 16.9 Å². The first-order valence-corrected chi connectivity index (χ1v) is 8.90. The van der Waals surface area contributed by atoms with E-state index in [0.717, 1.165) is 28.0 Å². The van der Waals surface area contributed by atoms with Gasteiger partial charge in [0.25, 0.3) is 0 Å². The molecule has 0 N–H and O–H groups in total. The molecule has 0 heterocycles. The van der Waals surface area contributed by atoms with Crippen LogP contribution < -0.4 is 4.74 Å². The molecule has 2 rings (SSSR count). The molecule has 0 amide bonds. The fraction of sp³-hybridized carbons (Fsp3) is 0.409. The molecular formula is C22H27FO3. The lowest BCUT2D eigenvalue weighted by atomic mass is 9.88. The van der Waals surface area contributed by atoms with Crippen molar-refractivity contribution in [3.63, 3.8) is 0 Å². The van der Waals surface area contributed by atoms with Gasteiger partial charge in [0.05, 0.1) is 20.1 Å².